The highest BCUT2D eigenvalue weighted by Gasteiger charge is 2.29. The second-order valence-electron chi connectivity index (χ2n) is 4.61. The topological polar surface area (TPSA) is 72.7 Å². The van der Waals surface area contributed by atoms with Crippen molar-refractivity contribution < 1.29 is 14.5 Å². The highest BCUT2D eigenvalue weighted by atomic mass is 79.9. The maximum absolute atomic E-state index is 11.9. The summed E-state index contributed by atoms with van der Waals surface area (Å²) in [6.07, 6.45) is 0. The van der Waals surface area contributed by atoms with Crippen LogP contribution in [0, 0.1) is 0 Å². The van der Waals surface area contributed by atoms with Crippen LogP contribution in [-0.4, -0.2) is 26.1 Å². The fourth-order valence-corrected chi connectivity index (χ4v) is 1.93. The molecule has 0 heterocycles. The minimum atomic E-state index is -1.60. The molecule has 0 radical (unpaired) electrons. The van der Waals surface area contributed by atoms with Crippen LogP contribution in [0.25, 0.3) is 0 Å². The molecule has 4 nitrogen and oxygen atoms in total. The molecule has 1 aromatic carbocycles. The van der Waals surface area contributed by atoms with Gasteiger partial charge >= 0.3 is 5.97 Å². The van der Waals surface area contributed by atoms with Crippen molar-refractivity contribution >= 4 is 39.0 Å². The zero-order valence-electron chi connectivity index (χ0n) is 10.3. The lowest BCUT2D eigenvalue weighted by Crippen LogP contribution is -2.28. The number of carboxylic acid groups (broad SMARTS) is 1. The first kappa shape index (κ1) is 15.2. The molecule has 0 aromatic heterocycles. The maximum atomic E-state index is 11.9. The number of hydrogen-bond donors (Lipinski definition) is 1. The first-order valence-electron chi connectivity index (χ1n) is 5.22. The molecule has 0 aliphatic heterocycles. The molecule has 1 aromatic rings. The van der Waals surface area contributed by atoms with Crippen molar-refractivity contribution in [2.45, 2.75) is 25.5 Å². The Morgan fingerprint density at radius 2 is 1.83 bits per heavy atom. The van der Waals surface area contributed by atoms with Gasteiger partial charge in [0, 0.05) is 10.0 Å². The Balaban J connectivity index is 3.15. The summed E-state index contributed by atoms with van der Waals surface area (Å²) in [5, 5.41) is 9.13. The van der Waals surface area contributed by atoms with E-state index in [-0.39, 0.29) is 5.71 Å². The Morgan fingerprint density at radius 3 is 2.22 bits per heavy atom. The fraction of sp³-hybridized carbons (Fsp3) is 0.333. The highest BCUT2D eigenvalue weighted by molar-refractivity contribution is 9.10. The summed E-state index contributed by atoms with van der Waals surface area (Å²) in [4.78, 5) is 11.2. The zero-order chi connectivity index (χ0) is 13.9. The van der Waals surface area contributed by atoms with Gasteiger partial charge in [-0.3, -0.25) is 0 Å². The molecule has 1 unspecified atom stereocenters. The molecular weight excluding hydrogens is 318 g/mol. The molecule has 1 atom stereocenters. The van der Waals surface area contributed by atoms with Crippen LogP contribution in [0.15, 0.2) is 33.1 Å². The van der Waals surface area contributed by atoms with Crippen LogP contribution in [0.4, 0.5) is 0 Å². The number of aliphatic carboxylic acids is 1. The van der Waals surface area contributed by atoms with Crippen LogP contribution in [0.5, 0.6) is 0 Å². The van der Waals surface area contributed by atoms with Gasteiger partial charge in [-0.1, -0.05) is 32.5 Å². The van der Waals surface area contributed by atoms with E-state index in [4.69, 9.17) is 5.11 Å². The van der Waals surface area contributed by atoms with Crippen molar-refractivity contribution in [3.8, 4) is 0 Å². The molecule has 98 valence electrons. The molecule has 0 aliphatic rings. The maximum Gasteiger partial charge on any atom is 0.359 e. The average molecular weight is 332 g/mol. The van der Waals surface area contributed by atoms with Crippen LogP contribution in [0.2, 0.25) is 0 Å². The number of nitrogens with zero attached hydrogens (tertiary/aromatic N) is 1. The first-order chi connectivity index (χ1) is 8.21. The van der Waals surface area contributed by atoms with Crippen LogP contribution in [-0.2, 0) is 16.2 Å². The van der Waals surface area contributed by atoms with Crippen molar-refractivity contribution in [2.75, 3.05) is 0 Å². The largest absolute Gasteiger partial charge is 0.591 e. The van der Waals surface area contributed by atoms with Crippen LogP contribution < -0.4 is 0 Å². The van der Waals surface area contributed by atoms with E-state index < -0.39 is 22.1 Å². The lowest BCUT2D eigenvalue weighted by atomic mass is 10.1. The summed E-state index contributed by atoms with van der Waals surface area (Å²) in [6.45, 7) is 5.23. The Hall–Kier alpha value is -0.850. The van der Waals surface area contributed by atoms with Crippen LogP contribution >= 0.6 is 15.9 Å². The summed E-state index contributed by atoms with van der Waals surface area (Å²) in [5.41, 5.74) is 0.249. The molecule has 0 saturated carbocycles. The third-order valence-corrected chi connectivity index (χ3v) is 3.94. The van der Waals surface area contributed by atoms with Gasteiger partial charge in [0.15, 0.2) is 0 Å². The van der Waals surface area contributed by atoms with Gasteiger partial charge in [0.25, 0.3) is 0 Å². The second kappa shape index (κ2) is 5.86. The lowest BCUT2D eigenvalue weighted by Gasteiger charge is -2.18. The molecule has 0 fully saturated rings. The third kappa shape index (κ3) is 4.12. The molecule has 6 heteroatoms. The summed E-state index contributed by atoms with van der Waals surface area (Å²) < 4.78 is 15.9. The minimum Gasteiger partial charge on any atom is -0.591 e. The van der Waals surface area contributed by atoms with E-state index in [1.165, 1.54) is 0 Å². The fourth-order valence-electron chi connectivity index (χ4n) is 1.04. The Bertz CT molecular complexity index is 465. The minimum absolute atomic E-state index is 0.184. The average Bonchev–Trinajstić information content (AvgIpc) is 2.25. The van der Waals surface area contributed by atoms with E-state index in [9.17, 15) is 9.35 Å². The molecule has 0 aliphatic carbocycles. The Kier molecular flexibility index (Phi) is 4.95. The van der Waals surface area contributed by atoms with Crippen molar-refractivity contribution in [1.29, 1.82) is 0 Å². The van der Waals surface area contributed by atoms with Crippen LogP contribution in [0.3, 0.4) is 0 Å². The molecule has 0 amide bonds. The number of halogens is 1. The normalized spacial score (nSPS) is 14.4. The van der Waals surface area contributed by atoms with Gasteiger partial charge in [-0.2, -0.15) is 0 Å². The van der Waals surface area contributed by atoms with Gasteiger partial charge in [-0.25, -0.2) is 4.79 Å². The van der Waals surface area contributed by atoms with Gasteiger partial charge < -0.3 is 9.66 Å². The predicted molar refractivity (Wildman–Crippen MR) is 76.2 cm³/mol. The summed E-state index contributed by atoms with van der Waals surface area (Å²) in [7, 11) is 0. The number of benzene rings is 1. The highest BCUT2D eigenvalue weighted by Crippen LogP contribution is 2.19. The number of rotatable bonds is 3. The van der Waals surface area contributed by atoms with E-state index in [0.717, 1.165) is 4.47 Å². The van der Waals surface area contributed by atoms with Crippen molar-refractivity contribution in [3.05, 3.63) is 34.3 Å². The van der Waals surface area contributed by atoms with Gasteiger partial charge in [0.1, 0.15) is 16.1 Å². The molecular formula is C12H14BrNO3S. The third-order valence-electron chi connectivity index (χ3n) is 2.02. The molecule has 1 N–H and O–H groups in total. The van der Waals surface area contributed by atoms with Gasteiger partial charge in [-0.15, -0.1) is 0 Å². The molecule has 0 saturated heterocycles. The van der Waals surface area contributed by atoms with Gasteiger partial charge in [0.05, 0.1) is 0 Å². The van der Waals surface area contributed by atoms with E-state index in [1.807, 2.05) is 0 Å². The summed E-state index contributed by atoms with van der Waals surface area (Å²) in [6, 6.07) is 6.68. The lowest BCUT2D eigenvalue weighted by molar-refractivity contribution is -0.129. The van der Waals surface area contributed by atoms with Crippen molar-refractivity contribution in [1.82, 2.24) is 0 Å². The quantitative estimate of drug-likeness (QED) is 0.683. The number of hydrogen-bond acceptors (Lipinski definition) is 3. The van der Waals surface area contributed by atoms with Gasteiger partial charge in [0.2, 0.25) is 5.71 Å². The Morgan fingerprint density at radius 1 is 1.33 bits per heavy atom. The standard InChI is InChI=1S/C12H14BrNO3S/c1-12(2,3)18(17)14-10(11(15)16)8-4-6-9(13)7-5-8/h4-7H,1-3H3,(H,15,16)/b14-10-. The molecule has 0 spiro atoms. The first-order valence-corrected chi connectivity index (χ1v) is 7.11. The van der Waals surface area contributed by atoms with E-state index >= 15 is 0 Å². The van der Waals surface area contributed by atoms with Crippen molar-refractivity contribution in [3.63, 3.8) is 0 Å². The SMILES string of the molecule is CC(C)(C)[S+]([O-])/N=C(\C(=O)O)c1ccc(Br)cc1. The van der Waals surface area contributed by atoms with Crippen LogP contribution in [0.1, 0.15) is 26.3 Å². The van der Waals surface area contributed by atoms with E-state index in [2.05, 4.69) is 20.3 Å². The summed E-state index contributed by atoms with van der Waals surface area (Å²) >= 11 is 1.67. The number of carboxylic acids is 1. The van der Waals surface area contributed by atoms with E-state index in [1.54, 1.807) is 45.0 Å². The van der Waals surface area contributed by atoms with Crippen molar-refractivity contribution in [2.24, 2.45) is 4.40 Å². The number of carbonyl (C=O) groups is 1. The summed E-state index contributed by atoms with van der Waals surface area (Å²) in [5.74, 6) is -1.19. The predicted octanol–water partition coefficient (Wildman–Crippen LogP) is 2.79. The zero-order valence-corrected chi connectivity index (χ0v) is 12.7. The van der Waals surface area contributed by atoms with E-state index in [0.29, 0.717) is 5.56 Å². The monoisotopic (exact) mass is 331 g/mol. The molecule has 18 heavy (non-hydrogen) atoms. The molecule has 0 bridgehead atoms. The smallest absolute Gasteiger partial charge is 0.359 e. The molecule has 1 rings (SSSR count). The van der Waals surface area contributed by atoms with Gasteiger partial charge in [-0.05, 0) is 32.9 Å². The second-order valence-corrected chi connectivity index (χ2v) is 7.43. The Labute approximate surface area is 118 Å².